The number of nitrogens with zero attached hydrogens (tertiary/aromatic N) is 1. The summed E-state index contributed by atoms with van der Waals surface area (Å²) >= 11 is 0. The molecule has 1 heterocycles. The molecule has 0 unspecified atom stereocenters. The van der Waals surface area contributed by atoms with E-state index in [4.69, 9.17) is 9.47 Å². The highest BCUT2D eigenvalue weighted by molar-refractivity contribution is 6.12. The van der Waals surface area contributed by atoms with Crippen LogP contribution < -0.4 is 4.74 Å². The molecular formula is C23H17NO3. The number of esters is 1. The van der Waals surface area contributed by atoms with Crippen molar-refractivity contribution >= 4 is 17.9 Å². The molecule has 4 heteroatoms. The first-order valence-corrected chi connectivity index (χ1v) is 8.63. The molecule has 0 saturated carbocycles. The quantitative estimate of drug-likeness (QED) is 0.496. The predicted molar refractivity (Wildman–Crippen MR) is 104 cm³/mol. The Morgan fingerprint density at radius 3 is 2.41 bits per heavy atom. The highest BCUT2D eigenvalue weighted by Gasteiger charge is 2.23. The Hall–Kier alpha value is -3.66. The third kappa shape index (κ3) is 4.12. The summed E-state index contributed by atoms with van der Waals surface area (Å²) in [6, 6.07) is 26.9. The molecule has 0 amide bonds. The summed E-state index contributed by atoms with van der Waals surface area (Å²) in [5.41, 5.74) is 2.96. The van der Waals surface area contributed by atoms with Crippen LogP contribution in [0.1, 0.15) is 16.7 Å². The van der Waals surface area contributed by atoms with Gasteiger partial charge in [0.15, 0.2) is 5.70 Å². The van der Waals surface area contributed by atoms with E-state index in [1.165, 1.54) is 0 Å². The zero-order chi connectivity index (χ0) is 18.5. The molecule has 0 spiro atoms. The van der Waals surface area contributed by atoms with Crippen LogP contribution in [-0.4, -0.2) is 11.9 Å². The summed E-state index contributed by atoms with van der Waals surface area (Å²) in [7, 11) is 0. The average molecular weight is 355 g/mol. The number of rotatable bonds is 5. The first-order chi connectivity index (χ1) is 13.3. The topological polar surface area (TPSA) is 47.9 Å². The Morgan fingerprint density at radius 2 is 1.63 bits per heavy atom. The van der Waals surface area contributed by atoms with Crippen molar-refractivity contribution in [3.05, 3.63) is 107 Å². The first-order valence-electron chi connectivity index (χ1n) is 8.63. The van der Waals surface area contributed by atoms with Crippen molar-refractivity contribution in [2.24, 2.45) is 4.99 Å². The fraction of sp³-hybridized carbons (Fsp3) is 0.0435. The van der Waals surface area contributed by atoms with Crippen molar-refractivity contribution in [3.8, 4) is 5.75 Å². The van der Waals surface area contributed by atoms with Crippen molar-refractivity contribution in [1.82, 2.24) is 0 Å². The minimum atomic E-state index is -0.454. The summed E-state index contributed by atoms with van der Waals surface area (Å²) < 4.78 is 11.1. The summed E-state index contributed by atoms with van der Waals surface area (Å²) in [6.45, 7) is 0.485. The summed E-state index contributed by atoms with van der Waals surface area (Å²) in [5.74, 6) is 0.597. The molecule has 3 aromatic carbocycles. The Bertz CT molecular complexity index is 1010. The lowest BCUT2D eigenvalue weighted by molar-refractivity contribution is -0.129. The van der Waals surface area contributed by atoms with Crippen molar-refractivity contribution < 1.29 is 14.3 Å². The molecule has 1 aliphatic heterocycles. The number of carbonyl (C=O) groups is 1. The Labute approximate surface area is 157 Å². The molecule has 0 aliphatic carbocycles. The van der Waals surface area contributed by atoms with E-state index in [2.05, 4.69) is 4.99 Å². The second-order valence-electron chi connectivity index (χ2n) is 6.05. The molecule has 4 nitrogen and oxygen atoms in total. The van der Waals surface area contributed by atoms with Gasteiger partial charge in [0.25, 0.3) is 0 Å². The van der Waals surface area contributed by atoms with Crippen LogP contribution in [-0.2, 0) is 16.1 Å². The van der Waals surface area contributed by atoms with Gasteiger partial charge in [-0.3, -0.25) is 0 Å². The smallest absolute Gasteiger partial charge is 0.363 e. The van der Waals surface area contributed by atoms with Gasteiger partial charge in [-0.15, -0.1) is 0 Å². The third-order valence-electron chi connectivity index (χ3n) is 4.05. The molecule has 0 N–H and O–H groups in total. The van der Waals surface area contributed by atoms with Crippen molar-refractivity contribution in [3.63, 3.8) is 0 Å². The maximum Gasteiger partial charge on any atom is 0.363 e. The standard InChI is InChI=1S/C23H17NO3/c25-23-21(24-22(27-23)19-11-5-2-6-12-19)15-18-10-7-13-20(14-18)26-16-17-8-3-1-4-9-17/h1-15H,16H2/b21-15+. The zero-order valence-corrected chi connectivity index (χ0v) is 14.5. The number of benzene rings is 3. The lowest BCUT2D eigenvalue weighted by Crippen LogP contribution is -2.04. The van der Waals surface area contributed by atoms with Gasteiger partial charge in [-0.1, -0.05) is 60.7 Å². The Kier molecular flexibility index (Phi) is 4.79. The SMILES string of the molecule is O=C1OC(c2ccccc2)=N/C1=C/c1cccc(OCc2ccccc2)c1. The highest BCUT2D eigenvalue weighted by atomic mass is 16.6. The monoisotopic (exact) mass is 355 g/mol. The van der Waals surface area contributed by atoms with Gasteiger partial charge < -0.3 is 9.47 Å². The summed E-state index contributed by atoms with van der Waals surface area (Å²) in [5, 5.41) is 0. The number of aliphatic imine (C=N–C) groups is 1. The molecule has 27 heavy (non-hydrogen) atoms. The van der Waals surface area contributed by atoms with E-state index in [1.54, 1.807) is 6.08 Å². The van der Waals surface area contributed by atoms with Crippen LogP contribution in [0.4, 0.5) is 0 Å². The molecule has 0 fully saturated rings. The fourth-order valence-corrected chi connectivity index (χ4v) is 2.71. The van der Waals surface area contributed by atoms with Crippen LogP contribution in [0, 0.1) is 0 Å². The lowest BCUT2D eigenvalue weighted by Gasteiger charge is -2.07. The maximum absolute atomic E-state index is 12.1. The van der Waals surface area contributed by atoms with Gasteiger partial charge in [0.05, 0.1) is 0 Å². The first kappa shape index (κ1) is 16.8. The van der Waals surface area contributed by atoms with Gasteiger partial charge in [0.1, 0.15) is 12.4 Å². The predicted octanol–water partition coefficient (Wildman–Crippen LogP) is 4.61. The largest absolute Gasteiger partial charge is 0.489 e. The molecule has 0 radical (unpaired) electrons. The molecule has 3 aromatic rings. The van der Waals surface area contributed by atoms with Crippen molar-refractivity contribution in [2.75, 3.05) is 0 Å². The molecule has 0 bridgehead atoms. The second-order valence-corrected chi connectivity index (χ2v) is 6.05. The van der Waals surface area contributed by atoms with Gasteiger partial charge >= 0.3 is 5.97 Å². The molecular weight excluding hydrogens is 338 g/mol. The number of hydrogen-bond donors (Lipinski definition) is 0. The lowest BCUT2D eigenvalue weighted by atomic mass is 10.2. The number of hydrogen-bond acceptors (Lipinski definition) is 4. The van der Waals surface area contributed by atoms with Gasteiger partial charge in [0.2, 0.25) is 5.90 Å². The van der Waals surface area contributed by atoms with Gasteiger partial charge in [-0.2, -0.15) is 0 Å². The van der Waals surface area contributed by atoms with E-state index in [9.17, 15) is 4.79 Å². The van der Waals surface area contributed by atoms with Gasteiger partial charge in [-0.25, -0.2) is 9.79 Å². The van der Waals surface area contributed by atoms with Crippen LogP contribution in [0.15, 0.2) is 95.6 Å². The molecule has 132 valence electrons. The minimum absolute atomic E-state index is 0.272. The normalized spacial score (nSPS) is 14.7. The van der Waals surface area contributed by atoms with Crippen LogP contribution in [0.3, 0.4) is 0 Å². The van der Waals surface area contributed by atoms with Gasteiger partial charge in [-0.05, 0) is 41.5 Å². The van der Waals surface area contributed by atoms with Crippen LogP contribution in [0.5, 0.6) is 5.75 Å². The van der Waals surface area contributed by atoms with E-state index in [0.717, 1.165) is 22.4 Å². The van der Waals surface area contributed by atoms with E-state index in [0.29, 0.717) is 12.5 Å². The van der Waals surface area contributed by atoms with E-state index >= 15 is 0 Å². The number of cyclic esters (lactones) is 1. The minimum Gasteiger partial charge on any atom is -0.489 e. The van der Waals surface area contributed by atoms with E-state index < -0.39 is 5.97 Å². The second kappa shape index (κ2) is 7.70. The van der Waals surface area contributed by atoms with E-state index in [1.807, 2.05) is 84.9 Å². The third-order valence-corrected chi connectivity index (χ3v) is 4.05. The maximum atomic E-state index is 12.1. The summed E-state index contributed by atoms with van der Waals surface area (Å²) in [4.78, 5) is 16.4. The van der Waals surface area contributed by atoms with Crippen LogP contribution >= 0.6 is 0 Å². The van der Waals surface area contributed by atoms with Crippen molar-refractivity contribution in [2.45, 2.75) is 6.61 Å². The Balaban J connectivity index is 1.52. The van der Waals surface area contributed by atoms with Crippen LogP contribution in [0.2, 0.25) is 0 Å². The molecule has 1 aliphatic rings. The van der Waals surface area contributed by atoms with Crippen molar-refractivity contribution in [1.29, 1.82) is 0 Å². The Morgan fingerprint density at radius 1 is 0.889 bits per heavy atom. The average Bonchev–Trinajstić information content (AvgIpc) is 3.09. The highest BCUT2D eigenvalue weighted by Crippen LogP contribution is 2.21. The number of carbonyl (C=O) groups excluding carboxylic acids is 1. The molecule has 0 atom stereocenters. The number of ether oxygens (including phenoxy) is 2. The van der Waals surface area contributed by atoms with Gasteiger partial charge in [0, 0.05) is 5.56 Å². The molecule has 0 aromatic heterocycles. The van der Waals surface area contributed by atoms with E-state index in [-0.39, 0.29) is 5.70 Å². The summed E-state index contributed by atoms with van der Waals surface area (Å²) in [6.07, 6.45) is 1.70. The molecule has 0 saturated heterocycles. The zero-order valence-electron chi connectivity index (χ0n) is 14.5. The fourth-order valence-electron chi connectivity index (χ4n) is 2.71. The molecule has 4 rings (SSSR count). The van der Waals surface area contributed by atoms with Crippen LogP contribution in [0.25, 0.3) is 6.08 Å².